The summed E-state index contributed by atoms with van der Waals surface area (Å²) >= 11 is 0. The zero-order valence-electron chi connectivity index (χ0n) is 13.2. The highest BCUT2D eigenvalue weighted by Gasteiger charge is 2.15. The molecule has 7 heteroatoms. The summed E-state index contributed by atoms with van der Waals surface area (Å²) in [5, 5.41) is 17.6. The van der Waals surface area contributed by atoms with Gasteiger partial charge in [-0.3, -0.25) is 0 Å². The highest BCUT2D eigenvalue weighted by Crippen LogP contribution is 2.24. The van der Waals surface area contributed by atoms with E-state index in [-0.39, 0.29) is 10.9 Å². The van der Waals surface area contributed by atoms with E-state index >= 15 is 0 Å². The highest BCUT2D eigenvalue weighted by molar-refractivity contribution is 7.89. The van der Waals surface area contributed by atoms with Crippen molar-refractivity contribution in [3.8, 4) is 6.07 Å². The molecule has 2 rings (SSSR count). The van der Waals surface area contributed by atoms with E-state index in [1.54, 1.807) is 12.1 Å². The first-order valence-corrected chi connectivity index (χ1v) is 8.54. The van der Waals surface area contributed by atoms with Gasteiger partial charge in [0.15, 0.2) is 0 Å². The van der Waals surface area contributed by atoms with Crippen LogP contribution in [0, 0.1) is 25.2 Å². The van der Waals surface area contributed by atoms with Gasteiger partial charge in [-0.05, 0) is 50.1 Å². The number of hydrogen-bond acceptors (Lipinski definition) is 5. The van der Waals surface area contributed by atoms with Crippen molar-refractivity contribution < 1.29 is 8.42 Å². The summed E-state index contributed by atoms with van der Waals surface area (Å²) < 4.78 is 22.9. The van der Waals surface area contributed by atoms with Gasteiger partial charge in [0.05, 0.1) is 16.5 Å². The number of pyridine rings is 1. The molecule has 0 aliphatic carbocycles. The van der Waals surface area contributed by atoms with Crippen molar-refractivity contribution in [3.63, 3.8) is 0 Å². The maximum Gasteiger partial charge on any atom is 0.238 e. The summed E-state index contributed by atoms with van der Waals surface area (Å²) in [7, 11) is -3.75. The smallest absolute Gasteiger partial charge is 0.238 e. The van der Waals surface area contributed by atoms with E-state index in [0.29, 0.717) is 11.4 Å². The number of aromatic nitrogens is 1. The van der Waals surface area contributed by atoms with Crippen molar-refractivity contribution >= 4 is 15.8 Å². The van der Waals surface area contributed by atoms with Gasteiger partial charge in [-0.15, -0.1) is 0 Å². The van der Waals surface area contributed by atoms with Gasteiger partial charge in [-0.25, -0.2) is 18.5 Å². The molecule has 120 valence electrons. The monoisotopic (exact) mass is 330 g/mol. The molecule has 1 aromatic carbocycles. The Bertz CT molecular complexity index is 885. The van der Waals surface area contributed by atoms with Gasteiger partial charge in [0.1, 0.15) is 11.9 Å². The molecule has 2 aromatic rings. The van der Waals surface area contributed by atoms with Crippen molar-refractivity contribution in [2.75, 3.05) is 5.32 Å². The molecule has 0 unspecified atom stereocenters. The van der Waals surface area contributed by atoms with Crippen LogP contribution >= 0.6 is 0 Å². The van der Waals surface area contributed by atoms with Crippen molar-refractivity contribution in [3.05, 3.63) is 52.7 Å². The normalized spacial score (nSPS) is 12.5. The minimum absolute atomic E-state index is 0.0533. The summed E-state index contributed by atoms with van der Waals surface area (Å²) in [5.74, 6) is 0.485. The molecule has 3 N–H and O–H groups in total. The van der Waals surface area contributed by atoms with Gasteiger partial charge in [-0.2, -0.15) is 5.26 Å². The maximum atomic E-state index is 11.5. The van der Waals surface area contributed by atoms with E-state index in [4.69, 9.17) is 5.14 Å². The van der Waals surface area contributed by atoms with Gasteiger partial charge in [0.25, 0.3) is 0 Å². The summed E-state index contributed by atoms with van der Waals surface area (Å²) in [6.07, 6.45) is 0. The van der Waals surface area contributed by atoms with Gasteiger partial charge in [-0.1, -0.05) is 12.1 Å². The first kappa shape index (κ1) is 16.9. The number of rotatable bonds is 4. The van der Waals surface area contributed by atoms with Crippen LogP contribution in [0.4, 0.5) is 5.82 Å². The Balaban J connectivity index is 2.37. The molecule has 0 aliphatic rings. The second-order valence-corrected chi connectivity index (χ2v) is 6.96. The molecule has 1 heterocycles. The topological polar surface area (TPSA) is 109 Å². The lowest BCUT2D eigenvalue weighted by atomic mass is 10.1. The molecule has 1 aromatic heterocycles. The molecule has 0 fully saturated rings. The largest absolute Gasteiger partial charge is 0.362 e. The number of benzene rings is 1. The third-order valence-corrected chi connectivity index (χ3v) is 4.41. The van der Waals surface area contributed by atoms with E-state index in [2.05, 4.69) is 16.4 Å². The van der Waals surface area contributed by atoms with Crippen LogP contribution in [-0.2, 0) is 10.0 Å². The summed E-state index contributed by atoms with van der Waals surface area (Å²) in [4.78, 5) is 4.42. The Morgan fingerprint density at radius 3 is 2.61 bits per heavy atom. The number of hydrogen-bond donors (Lipinski definition) is 2. The predicted octanol–water partition coefficient (Wildman–Crippen LogP) is 2.39. The fourth-order valence-corrected chi connectivity index (χ4v) is 2.90. The van der Waals surface area contributed by atoms with Crippen LogP contribution in [0.25, 0.3) is 0 Å². The van der Waals surface area contributed by atoms with Crippen molar-refractivity contribution in [2.24, 2.45) is 5.14 Å². The van der Waals surface area contributed by atoms with Crippen LogP contribution in [0.2, 0.25) is 0 Å². The molecule has 1 atom stereocenters. The van der Waals surface area contributed by atoms with Gasteiger partial charge >= 0.3 is 0 Å². The molecule has 23 heavy (non-hydrogen) atoms. The van der Waals surface area contributed by atoms with Crippen LogP contribution in [0.5, 0.6) is 0 Å². The van der Waals surface area contributed by atoms with Crippen molar-refractivity contribution in [2.45, 2.75) is 31.7 Å². The maximum absolute atomic E-state index is 11.5. The van der Waals surface area contributed by atoms with E-state index < -0.39 is 10.0 Å². The lowest BCUT2D eigenvalue weighted by Gasteiger charge is -2.17. The number of anilines is 1. The summed E-state index contributed by atoms with van der Waals surface area (Å²) in [6.45, 7) is 5.57. The lowest BCUT2D eigenvalue weighted by molar-refractivity contribution is 0.597. The van der Waals surface area contributed by atoms with E-state index in [1.807, 2.05) is 26.8 Å². The standard InChI is InChI=1S/C16H18N4O2S/c1-10-7-11(2)19-16(15(10)9-17)20-12(3)13-5-4-6-14(8-13)23(18,21)22/h4-8,12H,1-3H3,(H,19,20)(H2,18,21,22)/t12-/m0/s1. The predicted molar refractivity (Wildman–Crippen MR) is 88.3 cm³/mol. The van der Waals surface area contributed by atoms with Crippen LogP contribution in [0.3, 0.4) is 0 Å². The Morgan fingerprint density at radius 1 is 1.30 bits per heavy atom. The van der Waals surface area contributed by atoms with E-state index in [0.717, 1.165) is 16.8 Å². The summed E-state index contributed by atoms with van der Waals surface area (Å²) in [6, 6.07) is 10.1. The number of primary sulfonamides is 1. The Hall–Kier alpha value is -2.43. The van der Waals surface area contributed by atoms with E-state index in [9.17, 15) is 13.7 Å². The molecule has 0 aliphatic heterocycles. The SMILES string of the molecule is Cc1cc(C)c(C#N)c(N[C@@H](C)c2cccc(S(N)(=O)=O)c2)n1. The number of sulfonamides is 1. The molecule has 0 radical (unpaired) electrons. The molecule has 6 nitrogen and oxygen atoms in total. The molecular weight excluding hydrogens is 312 g/mol. The highest BCUT2D eigenvalue weighted by atomic mass is 32.2. The van der Waals surface area contributed by atoms with Gasteiger partial charge in [0, 0.05) is 5.69 Å². The van der Waals surface area contributed by atoms with Gasteiger partial charge in [0.2, 0.25) is 10.0 Å². The molecule has 0 spiro atoms. The molecule has 0 amide bonds. The molecule has 0 saturated carbocycles. The minimum Gasteiger partial charge on any atom is -0.362 e. The fourth-order valence-electron chi connectivity index (χ4n) is 2.33. The van der Waals surface area contributed by atoms with Crippen LogP contribution in [0.15, 0.2) is 35.2 Å². The molecule has 0 saturated heterocycles. The molecular formula is C16H18N4O2S. The quantitative estimate of drug-likeness (QED) is 0.894. The van der Waals surface area contributed by atoms with Crippen LogP contribution in [0.1, 0.15) is 35.3 Å². The first-order valence-electron chi connectivity index (χ1n) is 7.00. The van der Waals surface area contributed by atoms with Crippen molar-refractivity contribution in [1.82, 2.24) is 4.98 Å². The third-order valence-electron chi connectivity index (χ3n) is 3.50. The molecule has 0 bridgehead atoms. The zero-order valence-corrected chi connectivity index (χ0v) is 14.0. The zero-order chi connectivity index (χ0) is 17.2. The summed E-state index contributed by atoms with van der Waals surface area (Å²) in [5.41, 5.74) is 2.86. The van der Waals surface area contributed by atoms with Crippen LogP contribution in [-0.4, -0.2) is 13.4 Å². The second kappa shape index (κ2) is 6.36. The fraction of sp³-hybridized carbons (Fsp3) is 0.250. The van der Waals surface area contributed by atoms with Crippen molar-refractivity contribution in [1.29, 1.82) is 5.26 Å². The first-order chi connectivity index (χ1) is 10.7. The Labute approximate surface area is 136 Å². The number of nitrogens with one attached hydrogen (secondary N) is 1. The number of nitrogens with two attached hydrogens (primary N) is 1. The Morgan fingerprint density at radius 2 is 2.00 bits per heavy atom. The van der Waals surface area contributed by atoms with E-state index in [1.165, 1.54) is 12.1 Å². The Kier molecular flexibility index (Phi) is 4.68. The lowest BCUT2D eigenvalue weighted by Crippen LogP contribution is -2.14. The van der Waals surface area contributed by atoms with Gasteiger partial charge < -0.3 is 5.32 Å². The third kappa shape index (κ3) is 3.86. The number of nitriles is 1. The minimum atomic E-state index is -3.75. The average Bonchev–Trinajstić information content (AvgIpc) is 2.46. The average molecular weight is 330 g/mol. The second-order valence-electron chi connectivity index (χ2n) is 5.40. The number of nitrogens with zero attached hydrogens (tertiary/aromatic N) is 2. The van der Waals surface area contributed by atoms with Crippen LogP contribution < -0.4 is 10.5 Å². The number of aryl methyl sites for hydroxylation is 2.